The first-order valence-electron chi connectivity index (χ1n) is 5.67. The summed E-state index contributed by atoms with van der Waals surface area (Å²) in [6.07, 6.45) is -0.242. The van der Waals surface area contributed by atoms with E-state index < -0.39 is 5.60 Å². The summed E-state index contributed by atoms with van der Waals surface area (Å²) in [5.41, 5.74) is -0.423. The molecule has 1 rings (SSSR count). The molecule has 0 bridgehead atoms. The highest BCUT2D eigenvalue weighted by Crippen LogP contribution is 2.18. The predicted molar refractivity (Wildman–Crippen MR) is 61.0 cm³/mol. The van der Waals surface area contributed by atoms with Gasteiger partial charge in [-0.15, -0.1) is 0 Å². The molecule has 1 fully saturated rings. The van der Waals surface area contributed by atoms with Crippen LogP contribution in [-0.2, 0) is 9.57 Å². The molecule has 1 saturated heterocycles. The van der Waals surface area contributed by atoms with Gasteiger partial charge in [0.15, 0.2) is 0 Å². The van der Waals surface area contributed by atoms with Crippen LogP contribution in [0.2, 0.25) is 0 Å². The van der Waals surface area contributed by atoms with E-state index >= 15 is 0 Å². The lowest BCUT2D eigenvalue weighted by Crippen LogP contribution is -2.60. The summed E-state index contributed by atoms with van der Waals surface area (Å²) in [7, 11) is 1.89. The fourth-order valence-corrected chi connectivity index (χ4v) is 1.47. The Morgan fingerprint density at radius 2 is 2.00 bits per heavy atom. The minimum Gasteiger partial charge on any atom is -0.444 e. The molecular formula is C11H22N2O3. The zero-order chi connectivity index (χ0) is 12.3. The maximum absolute atomic E-state index is 11.6. The molecule has 0 aromatic heterocycles. The Bertz CT molecular complexity index is 244. The molecule has 0 aromatic rings. The van der Waals surface area contributed by atoms with Crippen LogP contribution < -0.4 is 0 Å². The fourth-order valence-electron chi connectivity index (χ4n) is 1.47. The Hall–Kier alpha value is -0.810. The van der Waals surface area contributed by atoms with Crippen LogP contribution in [0.5, 0.6) is 0 Å². The summed E-state index contributed by atoms with van der Waals surface area (Å²) in [6, 6.07) is 0.285. The molecule has 5 heteroatoms. The number of nitrogens with zero attached hydrogens (tertiary/aromatic N) is 2. The lowest BCUT2D eigenvalue weighted by Gasteiger charge is -2.43. The SMILES string of the molecule is CCON(C)C1CN(C(=O)OC(C)(C)C)C1. The lowest BCUT2D eigenvalue weighted by atomic mass is 10.1. The van der Waals surface area contributed by atoms with Gasteiger partial charge in [-0.3, -0.25) is 4.84 Å². The molecule has 0 saturated carbocycles. The first-order chi connectivity index (χ1) is 7.33. The van der Waals surface area contributed by atoms with E-state index in [-0.39, 0.29) is 12.1 Å². The van der Waals surface area contributed by atoms with Crippen LogP contribution in [0.3, 0.4) is 0 Å². The van der Waals surface area contributed by atoms with Gasteiger partial charge in [0.2, 0.25) is 0 Å². The summed E-state index contributed by atoms with van der Waals surface area (Å²) in [4.78, 5) is 18.6. The topological polar surface area (TPSA) is 42.0 Å². The van der Waals surface area contributed by atoms with E-state index in [0.29, 0.717) is 19.7 Å². The van der Waals surface area contributed by atoms with E-state index in [1.807, 2.05) is 34.7 Å². The molecule has 0 aliphatic carbocycles. The van der Waals surface area contributed by atoms with Crippen molar-refractivity contribution in [2.75, 3.05) is 26.7 Å². The van der Waals surface area contributed by atoms with Crippen LogP contribution in [0.1, 0.15) is 27.7 Å². The third-order valence-electron chi connectivity index (χ3n) is 2.36. The average molecular weight is 230 g/mol. The van der Waals surface area contributed by atoms with Crippen LogP contribution in [0.15, 0.2) is 0 Å². The summed E-state index contributed by atoms with van der Waals surface area (Å²) in [5.74, 6) is 0. The van der Waals surface area contributed by atoms with Crippen molar-refractivity contribution in [3.8, 4) is 0 Å². The standard InChI is InChI=1S/C11H22N2O3/c1-6-15-12(5)9-7-13(8-9)10(14)16-11(2,3)4/h9H,6-8H2,1-5H3. The number of amides is 1. The van der Waals surface area contributed by atoms with Gasteiger partial charge in [0.1, 0.15) is 5.60 Å². The quantitative estimate of drug-likeness (QED) is 0.689. The minimum absolute atomic E-state index is 0.242. The van der Waals surface area contributed by atoms with Gasteiger partial charge >= 0.3 is 6.09 Å². The van der Waals surface area contributed by atoms with Crippen LogP contribution in [0.4, 0.5) is 4.79 Å². The van der Waals surface area contributed by atoms with Crippen LogP contribution in [-0.4, -0.2) is 54.4 Å². The molecule has 94 valence electrons. The summed E-state index contributed by atoms with van der Waals surface area (Å²) >= 11 is 0. The molecule has 1 heterocycles. The molecule has 0 aromatic carbocycles. The molecule has 0 unspecified atom stereocenters. The number of hydrogen-bond donors (Lipinski definition) is 0. The molecule has 1 aliphatic rings. The van der Waals surface area contributed by atoms with E-state index in [1.165, 1.54) is 0 Å². The zero-order valence-corrected chi connectivity index (χ0v) is 10.8. The van der Waals surface area contributed by atoms with Crippen molar-refractivity contribution in [1.82, 2.24) is 9.96 Å². The third kappa shape index (κ3) is 3.64. The molecule has 16 heavy (non-hydrogen) atoms. The smallest absolute Gasteiger partial charge is 0.410 e. The molecule has 0 radical (unpaired) electrons. The number of likely N-dealkylation sites (tertiary alicyclic amines) is 1. The van der Waals surface area contributed by atoms with E-state index in [0.717, 1.165) is 0 Å². The number of ether oxygens (including phenoxy) is 1. The number of carbonyl (C=O) groups is 1. The zero-order valence-electron chi connectivity index (χ0n) is 10.8. The van der Waals surface area contributed by atoms with Crippen molar-refractivity contribution in [2.24, 2.45) is 0 Å². The number of hydroxylamine groups is 2. The van der Waals surface area contributed by atoms with Gasteiger partial charge in [0, 0.05) is 20.1 Å². The molecule has 1 aliphatic heterocycles. The third-order valence-corrected chi connectivity index (χ3v) is 2.36. The Morgan fingerprint density at radius 3 is 2.44 bits per heavy atom. The van der Waals surface area contributed by atoms with Gasteiger partial charge in [-0.2, -0.15) is 5.06 Å². The van der Waals surface area contributed by atoms with Crippen molar-refractivity contribution < 1.29 is 14.4 Å². The van der Waals surface area contributed by atoms with E-state index in [1.54, 1.807) is 9.96 Å². The van der Waals surface area contributed by atoms with Crippen molar-refractivity contribution in [3.63, 3.8) is 0 Å². The van der Waals surface area contributed by atoms with Gasteiger partial charge in [-0.25, -0.2) is 4.79 Å². The number of likely N-dealkylation sites (N-methyl/N-ethyl adjacent to an activating group) is 1. The monoisotopic (exact) mass is 230 g/mol. The number of rotatable bonds is 3. The summed E-state index contributed by atoms with van der Waals surface area (Å²) in [5, 5.41) is 1.81. The first-order valence-corrected chi connectivity index (χ1v) is 5.67. The summed E-state index contributed by atoms with van der Waals surface area (Å²) < 4.78 is 5.26. The Labute approximate surface area is 97.2 Å². The van der Waals surface area contributed by atoms with Crippen molar-refractivity contribution in [3.05, 3.63) is 0 Å². The van der Waals surface area contributed by atoms with Crippen LogP contribution >= 0.6 is 0 Å². The highest BCUT2D eigenvalue weighted by molar-refractivity contribution is 5.69. The predicted octanol–water partition coefficient (Wildman–Crippen LogP) is 1.49. The van der Waals surface area contributed by atoms with Gasteiger partial charge in [0.05, 0.1) is 12.6 Å². The normalized spacial score (nSPS) is 17.5. The molecule has 0 spiro atoms. The van der Waals surface area contributed by atoms with E-state index in [2.05, 4.69) is 0 Å². The molecule has 0 N–H and O–H groups in total. The van der Waals surface area contributed by atoms with Gasteiger partial charge in [0.25, 0.3) is 0 Å². The molecule has 1 amide bonds. The average Bonchev–Trinajstić information content (AvgIpc) is 1.97. The molecular weight excluding hydrogens is 208 g/mol. The lowest BCUT2D eigenvalue weighted by molar-refractivity contribution is -0.189. The molecule has 5 nitrogen and oxygen atoms in total. The van der Waals surface area contributed by atoms with Gasteiger partial charge in [-0.05, 0) is 27.7 Å². The Balaban J connectivity index is 2.28. The van der Waals surface area contributed by atoms with Crippen LogP contribution in [0.25, 0.3) is 0 Å². The first kappa shape index (κ1) is 13.3. The number of carbonyl (C=O) groups excluding carboxylic acids is 1. The van der Waals surface area contributed by atoms with Gasteiger partial charge in [-0.1, -0.05) is 0 Å². The van der Waals surface area contributed by atoms with E-state index in [4.69, 9.17) is 9.57 Å². The highest BCUT2D eigenvalue weighted by atomic mass is 16.7. The largest absolute Gasteiger partial charge is 0.444 e. The van der Waals surface area contributed by atoms with Crippen molar-refractivity contribution in [2.45, 2.75) is 39.3 Å². The Morgan fingerprint density at radius 1 is 1.44 bits per heavy atom. The highest BCUT2D eigenvalue weighted by Gasteiger charge is 2.36. The van der Waals surface area contributed by atoms with E-state index in [9.17, 15) is 4.79 Å². The second-order valence-electron chi connectivity index (χ2n) is 5.00. The summed E-state index contributed by atoms with van der Waals surface area (Å²) in [6.45, 7) is 9.55. The Kier molecular flexibility index (Phi) is 4.15. The molecule has 0 atom stereocenters. The van der Waals surface area contributed by atoms with Crippen molar-refractivity contribution >= 4 is 6.09 Å². The minimum atomic E-state index is -0.423. The van der Waals surface area contributed by atoms with Crippen LogP contribution in [0, 0.1) is 0 Å². The van der Waals surface area contributed by atoms with Gasteiger partial charge < -0.3 is 9.64 Å². The second kappa shape index (κ2) is 5.01. The number of hydrogen-bond acceptors (Lipinski definition) is 4. The maximum atomic E-state index is 11.6. The second-order valence-corrected chi connectivity index (χ2v) is 5.00. The maximum Gasteiger partial charge on any atom is 0.410 e. The van der Waals surface area contributed by atoms with Crippen molar-refractivity contribution in [1.29, 1.82) is 0 Å². The fraction of sp³-hybridized carbons (Fsp3) is 0.909.